The molecule has 3 aromatic rings. The molecule has 1 aliphatic rings. The Morgan fingerprint density at radius 3 is 2.94 bits per heavy atom. The van der Waals surface area contributed by atoms with Crippen LogP contribution in [0.5, 0.6) is 5.75 Å². The number of hydrogen-bond donors (Lipinski definition) is 1. The number of hydrogen-bond acceptors (Lipinski definition) is 7. The normalized spacial score (nSPS) is 13.4. The van der Waals surface area contributed by atoms with E-state index in [1.54, 1.807) is 13.3 Å². The Bertz CT molecular complexity index is 1200. The Labute approximate surface area is 194 Å². The number of benzene rings is 1. The molecule has 0 spiro atoms. The van der Waals surface area contributed by atoms with Gasteiger partial charge in [0.25, 0.3) is 5.95 Å². The van der Waals surface area contributed by atoms with E-state index < -0.39 is 0 Å². The van der Waals surface area contributed by atoms with Gasteiger partial charge in [-0.25, -0.2) is 9.97 Å². The van der Waals surface area contributed by atoms with E-state index in [4.69, 9.17) is 20.6 Å². The van der Waals surface area contributed by atoms with Crippen molar-refractivity contribution < 1.29 is 4.74 Å². The van der Waals surface area contributed by atoms with Crippen molar-refractivity contribution >= 4 is 18.0 Å². The third-order valence-corrected chi connectivity index (χ3v) is 5.53. The highest BCUT2D eigenvalue weighted by Crippen LogP contribution is 2.40. The van der Waals surface area contributed by atoms with Gasteiger partial charge in [-0.15, -0.1) is 0 Å². The number of aryl methyl sites for hydroxylation is 3. The summed E-state index contributed by atoms with van der Waals surface area (Å²) in [4.78, 5) is 20.1. The summed E-state index contributed by atoms with van der Waals surface area (Å²) in [6.45, 7) is 1.62. The predicted octanol–water partition coefficient (Wildman–Crippen LogP) is 2.66. The van der Waals surface area contributed by atoms with Crippen molar-refractivity contribution in [2.24, 2.45) is 22.8 Å². The van der Waals surface area contributed by atoms with Crippen LogP contribution in [0.1, 0.15) is 17.7 Å². The molecular formula is C24H30N8O. The monoisotopic (exact) mass is 446 g/mol. The van der Waals surface area contributed by atoms with Crippen LogP contribution in [0.4, 0.5) is 5.95 Å². The Balaban J connectivity index is 1.65. The van der Waals surface area contributed by atoms with Crippen LogP contribution < -0.4 is 10.5 Å². The molecule has 2 N–H and O–H groups in total. The van der Waals surface area contributed by atoms with Crippen LogP contribution in [0.25, 0.3) is 22.5 Å². The molecule has 0 aliphatic heterocycles. The summed E-state index contributed by atoms with van der Waals surface area (Å²) < 4.78 is 7.34. The number of amidine groups is 1. The second kappa shape index (κ2) is 9.91. The standard InChI is InChI=1S/C24H30N8O/c1-31(2)13-12-26-11-10-20(25)28-24-27-15-17-8-9-19-21(22(17)29-24)23(32(3)30-19)16-6-5-7-18(14-16)33-4/h5-7,11,14-15H,8-10,12-13H2,1-4H3,(H2,25,27,28,29). The van der Waals surface area contributed by atoms with Crippen LogP contribution in [0.15, 0.2) is 40.4 Å². The summed E-state index contributed by atoms with van der Waals surface area (Å²) in [5.74, 6) is 1.58. The van der Waals surface area contributed by atoms with Crippen molar-refractivity contribution in [2.45, 2.75) is 19.3 Å². The third kappa shape index (κ3) is 5.09. The van der Waals surface area contributed by atoms with Crippen molar-refractivity contribution in [3.05, 3.63) is 41.7 Å². The van der Waals surface area contributed by atoms with E-state index in [-0.39, 0.29) is 0 Å². The summed E-state index contributed by atoms with van der Waals surface area (Å²) in [6.07, 6.45) is 5.79. The summed E-state index contributed by atoms with van der Waals surface area (Å²) in [5.41, 5.74) is 12.1. The average Bonchev–Trinajstić information content (AvgIpc) is 3.15. The third-order valence-electron chi connectivity index (χ3n) is 5.53. The Hall–Kier alpha value is -3.59. The zero-order chi connectivity index (χ0) is 23.4. The fourth-order valence-electron chi connectivity index (χ4n) is 3.89. The Kier molecular flexibility index (Phi) is 6.79. The first kappa shape index (κ1) is 22.6. The zero-order valence-electron chi connectivity index (χ0n) is 19.6. The van der Waals surface area contributed by atoms with E-state index in [2.05, 4.69) is 25.9 Å². The Morgan fingerprint density at radius 1 is 1.30 bits per heavy atom. The molecule has 1 aromatic carbocycles. The topological polar surface area (TPSA) is 107 Å². The first-order chi connectivity index (χ1) is 16.0. The van der Waals surface area contributed by atoms with E-state index in [1.807, 2.05) is 50.2 Å². The van der Waals surface area contributed by atoms with E-state index in [0.717, 1.165) is 65.5 Å². The fraction of sp³-hybridized carbons (Fsp3) is 0.375. The van der Waals surface area contributed by atoms with Gasteiger partial charge in [-0.3, -0.25) is 9.67 Å². The second-order valence-electron chi connectivity index (χ2n) is 8.27. The molecule has 0 amide bonds. The number of nitrogens with zero attached hydrogens (tertiary/aromatic N) is 7. The molecule has 0 fully saturated rings. The van der Waals surface area contributed by atoms with Crippen LogP contribution >= 0.6 is 0 Å². The van der Waals surface area contributed by atoms with Gasteiger partial charge in [0, 0.05) is 43.6 Å². The lowest BCUT2D eigenvalue weighted by atomic mass is 9.91. The SMILES string of the molecule is COc1cccc(-c2c3c(nn2C)CCc2cnc(N=C(N)CC=NCCN(C)C)nc2-3)c1. The van der Waals surface area contributed by atoms with Gasteiger partial charge in [0.05, 0.1) is 30.7 Å². The van der Waals surface area contributed by atoms with Crippen LogP contribution in [0.3, 0.4) is 0 Å². The molecular weight excluding hydrogens is 416 g/mol. The van der Waals surface area contributed by atoms with Crippen LogP contribution in [-0.2, 0) is 19.9 Å². The molecule has 0 unspecified atom stereocenters. The molecule has 2 heterocycles. The van der Waals surface area contributed by atoms with E-state index >= 15 is 0 Å². The Morgan fingerprint density at radius 2 is 2.15 bits per heavy atom. The molecule has 172 valence electrons. The van der Waals surface area contributed by atoms with Gasteiger partial charge >= 0.3 is 0 Å². The summed E-state index contributed by atoms with van der Waals surface area (Å²) in [5, 5.41) is 4.78. The predicted molar refractivity (Wildman–Crippen MR) is 131 cm³/mol. The smallest absolute Gasteiger partial charge is 0.251 e. The molecule has 2 aromatic heterocycles. The summed E-state index contributed by atoms with van der Waals surface area (Å²) in [6, 6.07) is 7.98. The van der Waals surface area contributed by atoms with Crippen LogP contribution in [0, 0.1) is 0 Å². The minimum atomic E-state index is 0.348. The van der Waals surface area contributed by atoms with Gasteiger partial charge in [0.2, 0.25) is 0 Å². The zero-order valence-corrected chi connectivity index (χ0v) is 19.6. The highest BCUT2D eigenvalue weighted by Gasteiger charge is 2.27. The quantitative estimate of drug-likeness (QED) is 0.421. The number of ether oxygens (including phenoxy) is 1. The summed E-state index contributed by atoms with van der Waals surface area (Å²) in [7, 11) is 7.67. The molecule has 0 atom stereocenters. The average molecular weight is 447 g/mol. The maximum Gasteiger partial charge on any atom is 0.251 e. The van der Waals surface area contributed by atoms with Crippen molar-refractivity contribution in [3.8, 4) is 28.3 Å². The molecule has 9 nitrogen and oxygen atoms in total. The van der Waals surface area contributed by atoms with E-state index in [9.17, 15) is 0 Å². The minimum absolute atomic E-state index is 0.348. The van der Waals surface area contributed by atoms with E-state index in [1.165, 1.54) is 0 Å². The van der Waals surface area contributed by atoms with Gasteiger partial charge in [0.15, 0.2) is 0 Å². The molecule has 0 saturated heterocycles. The van der Waals surface area contributed by atoms with Gasteiger partial charge in [-0.2, -0.15) is 10.1 Å². The number of aliphatic imine (C=N–C) groups is 2. The largest absolute Gasteiger partial charge is 0.497 e. The number of methoxy groups -OCH3 is 1. The summed E-state index contributed by atoms with van der Waals surface area (Å²) >= 11 is 0. The molecule has 4 rings (SSSR count). The van der Waals surface area contributed by atoms with Gasteiger partial charge in [-0.05, 0) is 44.6 Å². The molecule has 1 aliphatic carbocycles. The lowest BCUT2D eigenvalue weighted by molar-refractivity contribution is 0.415. The van der Waals surface area contributed by atoms with Crippen LogP contribution in [-0.4, -0.2) is 71.0 Å². The van der Waals surface area contributed by atoms with Gasteiger partial charge < -0.3 is 15.4 Å². The maximum absolute atomic E-state index is 6.11. The molecule has 0 saturated carbocycles. The molecule has 0 bridgehead atoms. The highest BCUT2D eigenvalue weighted by atomic mass is 16.5. The maximum atomic E-state index is 6.11. The first-order valence-corrected chi connectivity index (χ1v) is 11.0. The first-order valence-electron chi connectivity index (χ1n) is 11.0. The van der Waals surface area contributed by atoms with E-state index in [0.29, 0.717) is 18.2 Å². The highest BCUT2D eigenvalue weighted by molar-refractivity contribution is 5.94. The number of likely N-dealkylation sites (N-methyl/N-ethyl adjacent to an activating group) is 1. The minimum Gasteiger partial charge on any atom is -0.497 e. The number of nitrogens with two attached hydrogens (primary N) is 1. The van der Waals surface area contributed by atoms with Crippen molar-refractivity contribution in [1.82, 2.24) is 24.6 Å². The van der Waals surface area contributed by atoms with Crippen molar-refractivity contribution in [1.29, 1.82) is 0 Å². The molecule has 33 heavy (non-hydrogen) atoms. The van der Waals surface area contributed by atoms with Gasteiger partial charge in [-0.1, -0.05) is 12.1 Å². The number of rotatable bonds is 8. The van der Waals surface area contributed by atoms with Crippen LogP contribution in [0.2, 0.25) is 0 Å². The number of fused-ring (bicyclic) bond motifs is 3. The fourth-order valence-corrected chi connectivity index (χ4v) is 3.89. The lowest BCUT2D eigenvalue weighted by Crippen LogP contribution is -2.16. The molecule has 0 radical (unpaired) electrons. The van der Waals surface area contributed by atoms with Gasteiger partial charge in [0.1, 0.15) is 11.6 Å². The number of aromatic nitrogens is 4. The second-order valence-corrected chi connectivity index (χ2v) is 8.27. The van der Waals surface area contributed by atoms with Crippen molar-refractivity contribution in [2.75, 3.05) is 34.3 Å². The van der Waals surface area contributed by atoms with Crippen molar-refractivity contribution in [3.63, 3.8) is 0 Å². The molecule has 9 heteroatoms. The lowest BCUT2D eigenvalue weighted by Gasteiger charge is -2.16.